The molecule has 170 valence electrons. The van der Waals surface area contributed by atoms with E-state index in [1.165, 1.54) is 16.4 Å². The third-order valence-corrected chi connectivity index (χ3v) is 8.13. The molecular formula is C24H28N2O5S. The fourth-order valence-corrected chi connectivity index (χ4v) is 6.19. The maximum atomic E-state index is 13.1. The van der Waals surface area contributed by atoms with Crippen LogP contribution in [0.3, 0.4) is 0 Å². The van der Waals surface area contributed by atoms with Gasteiger partial charge in [-0.1, -0.05) is 36.4 Å². The van der Waals surface area contributed by atoms with E-state index in [4.69, 9.17) is 4.74 Å². The first-order valence-electron chi connectivity index (χ1n) is 11.0. The van der Waals surface area contributed by atoms with Crippen LogP contribution in [0.15, 0.2) is 59.5 Å². The molecule has 2 atom stereocenters. The summed E-state index contributed by atoms with van der Waals surface area (Å²) in [7, 11) is -3.83. The lowest BCUT2D eigenvalue weighted by atomic mass is 9.96. The lowest BCUT2D eigenvalue weighted by Gasteiger charge is -2.36. The van der Waals surface area contributed by atoms with E-state index in [0.29, 0.717) is 12.8 Å². The van der Waals surface area contributed by atoms with Crippen molar-refractivity contribution < 1.29 is 22.7 Å². The van der Waals surface area contributed by atoms with Crippen molar-refractivity contribution in [3.63, 3.8) is 0 Å². The van der Waals surface area contributed by atoms with Gasteiger partial charge in [0.1, 0.15) is 6.04 Å². The predicted molar refractivity (Wildman–Crippen MR) is 121 cm³/mol. The summed E-state index contributed by atoms with van der Waals surface area (Å²) in [6.07, 6.45) is 3.52. The summed E-state index contributed by atoms with van der Waals surface area (Å²) >= 11 is 0. The molecule has 32 heavy (non-hydrogen) atoms. The number of nitrogens with zero attached hydrogens (tertiary/aromatic N) is 2. The molecule has 0 spiro atoms. The molecular weight excluding hydrogens is 428 g/mol. The van der Waals surface area contributed by atoms with Crippen LogP contribution in [0.5, 0.6) is 0 Å². The molecule has 2 aliphatic heterocycles. The highest BCUT2D eigenvalue weighted by Crippen LogP contribution is 2.31. The number of carbonyl (C=O) groups is 2. The van der Waals surface area contributed by atoms with Crippen molar-refractivity contribution >= 4 is 27.6 Å². The fourth-order valence-electron chi connectivity index (χ4n) is 4.52. The van der Waals surface area contributed by atoms with Gasteiger partial charge in [0.15, 0.2) is 6.61 Å². The average Bonchev–Trinajstić information content (AvgIpc) is 2.82. The maximum absolute atomic E-state index is 13.1. The first-order chi connectivity index (χ1) is 15.4. The second-order valence-electron chi connectivity index (χ2n) is 8.33. The maximum Gasteiger partial charge on any atom is 0.324 e. The number of para-hydroxylation sites is 1. The summed E-state index contributed by atoms with van der Waals surface area (Å²) in [5, 5.41) is 0. The van der Waals surface area contributed by atoms with E-state index >= 15 is 0 Å². The van der Waals surface area contributed by atoms with Crippen molar-refractivity contribution in [3.05, 3.63) is 60.2 Å². The monoisotopic (exact) mass is 456 g/mol. The molecule has 8 heteroatoms. The molecule has 2 heterocycles. The lowest BCUT2D eigenvalue weighted by Crippen LogP contribution is -2.49. The molecule has 4 rings (SSSR count). The number of piperidine rings is 1. The van der Waals surface area contributed by atoms with E-state index in [0.717, 1.165) is 30.5 Å². The summed E-state index contributed by atoms with van der Waals surface area (Å²) in [5.74, 6) is -0.971. The van der Waals surface area contributed by atoms with E-state index in [-0.39, 0.29) is 23.4 Å². The number of fused-ring (bicyclic) bond motifs is 1. The Bertz CT molecular complexity index is 1090. The van der Waals surface area contributed by atoms with Gasteiger partial charge in [-0.25, -0.2) is 8.42 Å². The van der Waals surface area contributed by atoms with Crippen LogP contribution in [0.2, 0.25) is 0 Å². The molecule has 2 aliphatic rings. The van der Waals surface area contributed by atoms with Crippen LogP contribution in [-0.2, 0) is 30.8 Å². The molecule has 0 radical (unpaired) electrons. The minimum absolute atomic E-state index is 0.000685. The standard InChI is InChI=1S/C24H28N2O5S/c1-18-14-15-19-9-5-6-12-21(19)26(18)23(27)17-31-24(28)22-13-7-8-16-25(22)32(29,30)20-10-3-2-4-11-20/h2-6,9-12,18,22H,7-8,13-17H2,1H3. The Kier molecular flexibility index (Phi) is 6.62. The Hall–Kier alpha value is -2.71. The molecule has 1 fully saturated rings. The Morgan fingerprint density at radius 2 is 1.72 bits per heavy atom. The number of hydrogen-bond acceptors (Lipinski definition) is 5. The van der Waals surface area contributed by atoms with Crippen molar-refractivity contribution in [2.45, 2.75) is 56.0 Å². The summed E-state index contributed by atoms with van der Waals surface area (Å²) in [5.41, 5.74) is 1.94. The molecule has 2 aromatic rings. The zero-order valence-corrected chi connectivity index (χ0v) is 19.0. The van der Waals surface area contributed by atoms with Crippen molar-refractivity contribution in [1.82, 2.24) is 4.31 Å². The predicted octanol–water partition coefficient (Wildman–Crippen LogP) is 3.14. The number of ether oxygens (including phenoxy) is 1. The SMILES string of the molecule is CC1CCc2ccccc2N1C(=O)COC(=O)C1CCCCN1S(=O)(=O)c1ccccc1. The molecule has 1 saturated heterocycles. The molecule has 0 aromatic heterocycles. The van der Waals surface area contributed by atoms with Crippen molar-refractivity contribution in [3.8, 4) is 0 Å². The van der Waals surface area contributed by atoms with Gasteiger partial charge in [0, 0.05) is 18.3 Å². The third kappa shape index (κ3) is 4.42. The van der Waals surface area contributed by atoms with Gasteiger partial charge in [0.25, 0.3) is 5.91 Å². The largest absolute Gasteiger partial charge is 0.454 e. The summed E-state index contributed by atoms with van der Waals surface area (Å²) in [4.78, 5) is 27.7. The van der Waals surface area contributed by atoms with Crippen LogP contribution in [0, 0.1) is 0 Å². The minimum atomic E-state index is -3.83. The molecule has 7 nitrogen and oxygen atoms in total. The number of anilines is 1. The number of carbonyl (C=O) groups excluding carboxylic acids is 2. The molecule has 0 bridgehead atoms. The van der Waals surface area contributed by atoms with Gasteiger partial charge in [-0.3, -0.25) is 9.59 Å². The van der Waals surface area contributed by atoms with E-state index in [2.05, 4.69) is 0 Å². The van der Waals surface area contributed by atoms with Crippen LogP contribution >= 0.6 is 0 Å². The quantitative estimate of drug-likeness (QED) is 0.646. The molecule has 0 aliphatic carbocycles. The summed E-state index contributed by atoms with van der Waals surface area (Å²) < 4.78 is 32.8. The third-order valence-electron chi connectivity index (χ3n) is 6.21. The Balaban J connectivity index is 1.47. The van der Waals surface area contributed by atoms with Crippen LogP contribution in [0.25, 0.3) is 0 Å². The zero-order valence-electron chi connectivity index (χ0n) is 18.1. The molecule has 1 amide bonds. The number of sulfonamides is 1. The highest BCUT2D eigenvalue weighted by Gasteiger charge is 2.39. The Morgan fingerprint density at radius 3 is 2.50 bits per heavy atom. The van der Waals surface area contributed by atoms with Gasteiger partial charge in [-0.2, -0.15) is 4.31 Å². The Morgan fingerprint density at radius 1 is 1.00 bits per heavy atom. The number of aryl methyl sites for hydroxylation is 1. The van der Waals surface area contributed by atoms with E-state index in [9.17, 15) is 18.0 Å². The van der Waals surface area contributed by atoms with E-state index in [1.807, 2.05) is 31.2 Å². The van der Waals surface area contributed by atoms with Gasteiger partial charge in [-0.15, -0.1) is 0 Å². The van der Waals surface area contributed by atoms with E-state index < -0.39 is 28.6 Å². The second-order valence-corrected chi connectivity index (χ2v) is 10.2. The summed E-state index contributed by atoms with van der Waals surface area (Å²) in [6, 6.07) is 14.9. The smallest absolute Gasteiger partial charge is 0.324 e. The Labute approximate surface area is 189 Å². The molecule has 2 unspecified atom stereocenters. The highest BCUT2D eigenvalue weighted by molar-refractivity contribution is 7.89. The lowest BCUT2D eigenvalue weighted by molar-refractivity contribution is -0.152. The average molecular weight is 457 g/mol. The second kappa shape index (κ2) is 9.42. The number of amides is 1. The van der Waals surface area contributed by atoms with E-state index in [1.54, 1.807) is 23.1 Å². The normalized spacial score (nSPS) is 21.6. The van der Waals surface area contributed by atoms with Crippen LogP contribution in [0.4, 0.5) is 5.69 Å². The minimum Gasteiger partial charge on any atom is -0.454 e. The fraction of sp³-hybridized carbons (Fsp3) is 0.417. The van der Waals surface area contributed by atoms with Gasteiger partial charge in [0.2, 0.25) is 10.0 Å². The van der Waals surface area contributed by atoms with Crippen molar-refractivity contribution in [2.24, 2.45) is 0 Å². The van der Waals surface area contributed by atoms with Crippen LogP contribution in [-0.4, -0.2) is 49.8 Å². The number of esters is 1. The van der Waals surface area contributed by atoms with Gasteiger partial charge >= 0.3 is 5.97 Å². The summed E-state index contributed by atoms with van der Waals surface area (Å²) in [6.45, 7) is 1.82. The van der Waals surface area contributed by atoms with Gasteiger partial charge in [-0.05, 0) is 62.8 Å². The first kappa shape index (κ1) is 22.5. The van der Waals surface area contributed by atoms with Gasteiger partial charge < -0.3 is 9.64 Å². The number of benzene rings is 2. The van der Waals surface area contributed by atoms with Crippen molar-refractivity contribution in [1.29, 1.82) is 0 Å². The number of hydrogen-bond donors (Lipinski definition) is 0. The molecule has 2 aromatic carbocycles. The molecule has 0 N–H and O–H groups in total. The molecule has 0 saturated carbocycles. The van der Waals surface area contributed by atoms with Crippen molar-refractivity contribution in [2.75, 3.05) is 18.1 Å². The highest BCUT2D eigenvalue weighted by atomic mass is 32.2. The van der Waals surface area contributed by atoms with Crippen LogP contribution in [0.1, 0.15) is 38.2 Å². The number of rotatable bonds is 5. The van der Waals surface area contributed by atoms with Gasteiger partial charge in [0.05, 0.1) is 4.90 Å². The first-order valence-corrected chi connectivity index (χ1v) is 12.5. The topological polar surface area (TPSA) is 84.0 Å². The van der Waals surface area contributed by atoms with Crippen LogP contribution < -0.4 is 4.90 Å². The zero-order chi connectivity index (χ0) is 22.7.